The summed E-state index contributed by atoms with van der Waals surface area (Å²) in [5.74, 6) is 0. The van der Waals surface area contributed by atoms with E-state index in [1.807, 2.05) is 19.1 Å². The van der Waals surface area contributed by atoms with Gasteiger partial charge in [0.1, 0.15) is 0 Å². The fourth-order valence-corrected chi connectivity index (χ4v) is 2.06. The SMILES string of the molecule is C=C(C)c1ccccc1[Si]OC(C)C. The summed E-state index contributed by atoms with van der Waals surface area (Å²) in [5.41, 5.74) is 2.31. The number of hydrogen-bond acceptors (Lipinski definition) is 1. The number of hydrogen-bond donors (Lipinski definition) is 0. The monoisotopic (exact) mass is 204 g/mol. The predicted octanol–water partition coefficient (Wildman–Crippen LogP) is 2.39. The van der Waals surface area contributed by atoms with Crippen LogP contribution in [-0.2, 0) is 4.43 Å². The molecular formula is C12H16OSi. The van der Waals surface area contributed by atoms with E-state index in [9.17, 15) is 0 Å². The van der Waals surface area contributed by atoms with Gasteiger partial charge in [-0.3, -0.25) is 0 Å². The second kappa shape index (κ2) is 5.13. The lowest BCUT2D eigenvalue weighted by Gasteiger charge is -2.10. The van der Waals surface area contributed by atoms with E-state index < -0.39 is 0 Å². The summed E-state index contributed by atoms with van der Waals surface area (Å²) in [4.78, 5) is 0. The van der Waals surface area contributed by atoms with Crippen LogP contribution < -0.4 is 5.19 Å². The van der Waals surface area contributed by atoms with Crippen molar-refractivity contribution in [3.8, 4) is 0 Å². The molecule has 2 radical (unpaired) electrons. The molecule has 1 rings (SSSR count). The summed E-state index contributed by atoms with van der Waals surface area (Å²) < 4.78 is 5.61. The van der Waals surface area contributed by atoms with Crippen molar-refractivity contribution in [2.75, 3.05) is 0 Å². The molecule has 0 saturated heterocycles. The van der Waals surface area contributed by atoms with E-state index in [0.717, 1.165) is 5.57 Å². The summed E-state index contributed by atoms with van der Waals surface area (Å²) in [5, 5.41) is 1.24. The van der Waals surface area contributed by atoms with Gasteiger partial charge in [-0.05, 0) is 31.5 Å². The average molecular weight is 204 g/mol. The van der Waals surface area contributed by atoms with Gasteiger partial charge < -0.3 is 4.43 Å². The Morgan fingerprint density at radius 1 is 1.36 bits per heavy atom. The largest absolute Gasteiger partial charge is 0.409 e. The highest BCUT2D eigenvalue weighted by Gasteiger charge is 2.05. The zero-order valence-corrected chi connectivity index (χ0v) is 10.0. The molecule has 2 heteroatoms. The van der Waals surface area contributed by atoms with Crippen molar-refractivity contribution in [2.45, 2.75) is 26.9 Å². The first-order chi connectivity index (χ1) is 6.61. The van der Waals surface area contributed by atoms with Crippen molar-refractivity contribution in [3.63, 3.8) is 0 Å². The van der Waals surface area contributed by atoms with E-state index in [0.29, 0.717) is 9.76 Å². The molecule has 0 fully saturated rings. The first-order valence-corrected chi connectivity index (χ1v) is 5.68. The number of benzene rings is 1. The lowest BCUT2D eigenvalue weighted by molar-refractivity contribution is 0.260. The Hall–Kier alpha value is -0.863. The van der Waals surface area contributed by atoms with Crippen LogP contribution in [0, 0.1) is 0 Å². The summed E-state index contributed by atoms with van der Waals surface area (Å²) >= 11 is 0. The zero-order valence-electron chi connectivity index (χ0n) is 9.00. The molecule has 0 heterocycles. The molecule has 0 amide bonds. The van der Waals surface area contributed by atoms with Gasteiger partial charge in [-0.25, -0.2) is 0 Å². The number of rotatable bonds is 4. The summed E-state index contributed by atoms with van der Waals surface area (Å²) in [6, 6.07) is 8.27. The second-order valence-corrected chi connectivity index (χ2v) is 4.57. The van der Waals surface area contributed by atoms with E-state index in [-0.39, 0.29) is 6.10 Å². The van der Waals surface area contributed by atoms with Gasteiger partial charge >= 0.3 is 0 Å². The van der Waals surface area contributed by atoms with Gasteiger partial charge in [-0.15, -0.1) is 0 Å². The molecule has 0 saturated carbocycles. The molecule has 0 aliphatic carbocycles. The Kier molecular flexibility index (Phi) is 4.11. The smallest absolute Gasteiger partial charge is 0.269 e. The maximum Gasteiger partial charge on any atom is 0.269 e. The van der Waals surface area contributed by atoms with Crippen molar-refractivity contribution in [2.24, 2.45) is 0 Å². The van der Waals surface area contributed by atoms with Crippen LogP contribution in [0.3, 0.4) is 0 Å². The summed E-state index contributed by atoms with van der Waals surface area (Å²) in [6.07, 6.45) is 0.284. The van der Waals surface area contributed by atoms with Gasteiger partial charge in [-0.2, -0.15) is 0 Å². The molecular weight excluding hydrogens is 188 g/mol. The first kappa shape index (κ1) is 11.2. The van der Waals surface area contributed by atoms with Gasteiger partial charge in [0.2, 0.25) is 0 Å². The molecule has 14 heavy (non-hydrogen) atoms. The lowest BCUT2D eigenvalue weighted by Crippen LogP contribution is -2.23. The highest BCUT2D eigenvalue weighted by atomic mass is 28.2. The van der Waals surface area contributed by atoms with Crippen LogP contribution in [0.4, 0.5) is 0 Å². The molecule has 0 aliphatic rings. The Morgan fingerprint density at radius 3 is 2.57 bits per heavy atom. The number of allylic oxidation sites excluding steroid dienone is 1. The van der Waals surface area contributed by atoms with Crippen LogP contribution in [0.1, 0.15) is 26.3 Å². The van der Waals surface area contributed by atoms with Gasteiger partial charge in [0.25, 0.3) is 9.76 Å². The molecule has 0 unspecified atom stereocenters. The summed E-state index contributed by atoms with van der Waals surface area (Å²) in [7, 11) is 0.416. The van der Waals surface area contributed by atoms with Crippen LogP contribution in [-0.4, -0.2) is 15.9 Å². The minimum Gasteiger partial charge on any atom is -0.409 e. The van der Waals surface area contributed by atoms with E-state index in [1.54, 1.807) is 0 Å². The minimum atomic E-state index is 0.284. The fraction of sp³-hybridized carbons (Fsp3) is 0.333. The Labute approximate surface area is 88.7 Å². The van der Waals surface area contributed by atoms with Crippen molar-refractivity contribution < 1.29 is 4.43 Å². The van der Waals surface area contributed by atoms with Gasteiger partial charge in [-0.1, -0.05) is 36.4 Å². The topological polar surface area (TPSA) is 9.23 Å². The molecule has 0 bridgehead atoms. The van der Waals surface area contributed by atoms with Crippen LogP contribution in [0.15, 0.2) is 30.8 Å². The molecule has 0 aromatic heterocycles. The molecule has 0 spiro atoms. The molecule has 1 aromatic rings. The maximum atomic E-state index is 5.61. The van der Waals surface area contributed by atoms with Crippen molar-refractivity contribution in [1.29, 1.82) is 0 Å². The molecule has 0 atom stereocenters. The van der Waals surface area contributed by atoms with E-state index in [4.69, 9.17) is 4.43 Å². The van der Waals surface area contributed by atoms with Crippen molar-refractivity contribution in [3.05, 3.63) is 36.4 Å². The third-order valence-corrected chi connectivity index (χ3v) is 3.04. The Bertz CT molecular complexity index is 318. The third kappa shape index (κ3) is 3.12. The Morgan fingerprint density at radius 2 is 2.00 bits per heavy atom. The second-order valence-electron chi connectivity index (χ2n) is 3.59. The van der Waals surface area contributed by atoms with Crippen molar-refractivity contribution in [1.82, 2.24) is 0 Å². The maximum absolute atomic E-state index is 5.61. The first-order valence-electron chi connectivity index (χ1n) is 4.78. The standard InChI is InChI=1S/C12H16OSi/c1-9(2)11-7-5-6-8-12(11)14-13-10(3)4/h5-8,10H,1H2,2-4H3. The van der Waals surface area contributed by atoms with Crippen LogP contribution >= 0.6 is 0 Å². The average Bonchev–Trinajstić information content (AvgIpc) is 2.15. The van der Waals surface area contributed by atoms with Gasteiger partial charge in [0, 0.05) is 6.10 Å². The van der Waals surface area contributed by atoms with E-state index >= 15 is 0 Å². The van der Waals surface area contributed by atoms with Crippen LogP contribution in [0.5, 0.6) is 0 Å². The van der Waals surface area contributed by atoms with Crippen LogP contribution in [0.25, 0.3) is 5.57 Å². The highest BCUT2D eigenvalue weighted by Crippen LogP contribution is 2.07. The van der Waals surface area contributed by atoms with Gasteiger partial charge in [0.15, 0.2) is 0 Å². The van der Waals surface area contributed by atoms with Crippen molar-refractivity contribution >= 4 is 20.5 Å². The van der Waals surface area contributed by atoms with E-state index in [2.05, 4.69) is 32.6 Å². The minimum absolute atomic E-state index is 0.284. The normalized spacial score (nSPS) is 10.6. The molecule has 0 N–H and O–H groups in total. The lowest BCUT2D eigenvalue weighted by atomic mass is 10.1. The third-order valence-electron chi connectivity index (χ3n) is 1.79. The predicted molar refractivity (Wildman–Crippen MR) is 62.8 cm³/mol. The Balaban J connectivity index is 2.79. The quantitative estimate of drug-likeness (QED) is 0.684. The highest BCUT2D eigenvalue weighted by molar-refractivity contribution is 6.48. The molecule has 1 nitrogen and oxygen atoms in total. The molecule has 1 aromatic carbocycles. The zero-order chi connectivity index (χ0) is 10.6. The molecule has 74 valence electrons. The van der Waals surface area contributed by atoms with Gasteiger partial charge in [0.05, 0.1) is 0 Å². The molecule has 0 aliphatic heterocycles. The van der Waals surface area contributed by atoms with E-state index in [1.165, 1.54) is 10.8 Å². The summed E-state index contributed by atoms with van der Waals surface area (Å²) in [6.45, 7) is 10.1. The fourth-order valence-electron chi connectivity index (χ4n) is 1.13. The van der Waals surface area contributed by atoms with Crippen LogP contribution in [0.2, 0.25) is 0 Å².